The van der Waals surface area contributed by atoms with Gasteiger partial charge < -0.3 is 4.98 Å². The van der Waals surface area contributed by atoms with E-state index in [0.717, 1.165) is 28.1 Å². The SMILES string of the molecule is Cc1sc2[nH]c(=S)n(CC3CSCCS3)c(=O)c2c1C. The number of thioether (sulfide) groups is 2. The van der Waals surface area contributed by atoms with Crippen molar-refractivity contribution in [2.75, 3.05) is 17.3 Å². The summed E-state index contributed by atoms with van der Waals surface area (Å²) in [6.07, 6.45) is 0. The molecule has 1 fully saturated rings. The molecule has 0 radical (unpaired) electrons. The van der Waals surface area contributed by atoms with Crippen molar-refractivity contribution in [2.45, 2.75) is 25.6 Å². The van der Waals surface area contributed by atoms with Crippen LogP contribution in [-0.4, -0.2) is 32.1 Å². The van der Waals surface area contributed by atoms with Gasteiger partial charge in [-0.3, -0.25) is 9.36 Å². The summed E-state index contributed by atoms with van der Waals surface area (Å²) in [7, 11) is 0. The Morgan fingerprint density at radius 3 is 2.90 bits per heavy atom. The van der Waals surface area contributed by atoms with Crippen LogP contribution in [0, 0.1) is 18.6 Å². The molecule has 1 N–H and O–H groups in total. The number of rotatable bonds is 2. The molecule has 2 aromatic heterocycles. The topological polar surface area (TPSA) is 37.8 Å². The van der Waals surface area contributed by atoms with Crippen molar-refractivity contribution < 1.29 is 0 Å². The number of aryl methyl sites for hydroxylation is 2. The fourth-order valence-corrected chi connectivity index (χ4v) is 6.40. The number of fused-ring (bicyclic) bond motifs is 1. The summed E-state index contributed by atoms with van der Waals surface area (Å²) in [6, 6.07) is 0. The lowest BCUT2D eigenvalue weighted by molar-refractivity contribution is 0.652. The normalized spacial score (nSPS) is 19.6. The number of thiophene rings is 1. The Morgan fingerprint density at radius 1 is 1.40 bits per heavy atom. The van der Waals surface area contributed by atoms with Crippen molar-refractivity contribution in [1.82, 2.24) is 9.55 Å². The second-order valence-electron chi connectivity index (χ2n) is 4.90. The average Bonchev–Trinajstić information content (AvgIpc) is 2.71. The van der Waals surface area contributed by atoms with Gasteiger partial charge in [0.25, 0.3) is 5.56 Å². The lowest BCUT2D eigenvalue weighted by Gasteiger charge is -2.21. The number of aromatic nitrogens is 2. The van der Waals surface area contributed by atoms with E-state index in [0.29, 0.717) is 10.0 Å². The van der Waals surface area contributed by atoms with Gasteiger partial charge in [-0.1, -0.05) is 0 Å². The van der Waals surface area contributed by atoms with Gasteiger partial charge in [0.05, 0.1) is 5.39 Å². The molecule has 2 aromatic rings. The van der Waals surface area contributed by atoms with Gasteiger partial charge in [-0.15, -0.1) is 11.3 Å². The number of hydrogen-bond acceptors (Lipinski definition) is 5. The first-order valence-corrected chi connectivity index (χ1v) is 9.93. The molecule has 0 amide bonds. The smallest absolute Gasteiger partial charge is 0.263 e. The van der Waals surface area contributed by atoms with E-state index in [4.69, 9.17) is 12.2 Å². The van der Waals surface area contributed by atoms with Crippen LogP contribution < -0.4 is 5.56 Å². The highest BCUT2D eigenvalue weighted by molar-refractivity contribution is 8.06. The zero-order valence-electron chi connectivity index (χ0n) is 11.4. The molecule has 20 heavy (non-hydrogen) atoms. The lowest BCUT2D eigenvalue weighted by Crippen LogP contribution is -2.29. The van der Waals surface area contributed by atoms with E-state index in [-0.39, 0.29) is 5.56 Å². The third-order valence-corrected chi connectivity index (χ3v) is 7.85. The maximum Gasteiger partial charge on any atom is 0.263 e. The molecule has 3 rings (SSSR count). The van der Waals surface area contributed by atoms with Gasteiger partial charge in [-0.05, 0) is 31.6 Å². The molecule has 1 saturated heterocycles. The van der Waals surface area contributed by atoms with Crippen LogP contribution >= 0.6 is 47.1 Å². The van der Waals surface area contributed by atoms with Crippen molar-refractivity contribution in [3.05, 3.63) is 25.6 Å². The van der Waals surface area contributed by atoms with Crippen LogP contribution in [0.1, 0.15) is 10.4 Å². The molecular formula is C13H16N2OS4. The first kappa shape index (κ1) is 14.7. The summed E-state index contributed by atoms with van der Waals surface area (Å²) in [4.78, 5) is 18.1. The van der Waals surface area contributed by atoms with Crippen LogP contribution in [0.2, 0.25) is 0 Å². The number of aromatic amines is 1. The Labute approximate surface area is 135 Å². The van der Waals surface area contributed by atoms with Gasteiger partial charge in [0.1, 0.15) is 4.83 Å². The molecule has 1 atom stereocenters. The van der Waals surface area contributed by atoms with E-state index >= 15 is 0 Å². The minimum absolute atomic E-state index is 0.0711. The van der Waals surface area contributed by atoms with Gasteiger partial charge in [0.15, 0.2) is 4.77 Å². The Morgan fingerprint density at radius 2 is 2.20 bits per heavy atom. The summed E-state index contributed by atoms with van der Waals surface area (Å²) in [5, 5.41) is 1.30. The van der Waals surface area contributed by atoms with Crippen LogP contribution in [0.4, 0.5) is 0 Å². The van der Waals surface area contributed by atoms with Gasteiger partial charge in [-0.2, -0.15) is 23.5 Å². The quantitative estimate of drug-likeness (QED) is 0.845. The van der Waals surface area contributed by atoms with Crippen molar-refractivity contribution in [3.8, 4) is 0 Å². The number of nitrogens with one attached hydrogen (secondary N) is 1. The molecule has 7 heteroatoms. The molecule has 1 aliphatic rings. The molecule has 0 aliphatic carbocycles. The zero-order valence-corrected chi connectivity index (χ0v) is 14.7. The number of hydrogen-bond donors (Lipinski definition) is 1. The molecule has 0 saturated carbocycles. The lowest BCUT2D eigenvalue weighted by atomic mass is 10.2. The van der Waals surface area contributed by atoms with Crippen LogP contribution in [0.3, 0.4) is 0 Å². The zero-order chi connectivity index (χ0) is 14.3. The highest BCUT2D eigenvalue weighted by atomic mass is 32.2. The van der Waals surface area contributed by atoms with Crippen molar-refractivity contribution in [2.24, 2.45) is 0 Å². The van der Waals surface area contributed by atoms with Gasteiger partial charge in [-0.25, -0.2) is 0 Å². The minimum atomic E-state index is 0.0711. The second-order valence-corrected chi connectivity index (χ2v) is 9.07. The predicted octanol–water partition coefficient (Wildman–Crippen LogP) is 3.59. The maximum absolute atomic E-state index is 12.7. The molecule has 0 aromatic carbocycles. The molecule has 1 aliphatic heterocycles. The van der Waals surface area contributed by atoms with E-state index in [1.54, 1.807) is 15.9 Å². The minimum Gasteiger partial charge on any atom is -0.323 e. The van der Waals surface area contributed by atoms with Gasteiger partial charge in [0, 0.05) is 33.9 Å². The Bertz CT molecular complexity index is 752. The Kier molecular flexibility index (Phi) is 4.31. The number of nitrogens with zero attached hydrogens (tertiary/aromatic N) is 1. The second kappa shape index (κ2) is 5.87. The summed E-state index contributed by atoms with van der Waals surface area (Å²) in [5.74, 6) is 3.48. The Balaban J connectivity index is 2.08. The van der Waals surface area contributed by atoms with Crippen LogP contribution in [-0.2, 0) is 6.54 Å². The largest absolute Gasteiger partial charge is 0.323 e. The third-order valence-electron chi connectivity index (χ3n) is 3.58. The average molecular weight is 345 g/mol. The van der Waals surface area contributed by atoms with E-state index in [9.17, 15) is 4.79 Å². The van der Waals surface area contributed by atoms with Crippen molar-refractivity contribution in [3.63, 3.8) is 0 Å². The van der Waals surface area contributed by atoms with Crippen LogP contribution in [0.25, 0.3) is 10.2 Å². The van der Waals surface area contributed by atoms with Gasteiger partial charge in [0.2, 0.25) is 0 Å². The van der Waals surface area contributed by atoms with Gasteiger partial charge >= 0.3 is 0 Å². The first-order valence-electron chi connectivity index (χ1n) is 6.50. The summed E-state index contributed by atoms with van der Waals surface area (Å²) in [6.45, 7) is 4.78. The summed E-state index contributed by atoms with van der Waals surface area (Å²) >= 11 is 10.9. The highest BCUT2D eigenvalue weighted by Crippen LogP contribution is 2.27. The molecule has 3 nitrogen and oxygen atoms in total. The predicted molar refractivity (Wildman–Crippen MR) is 94.3 cm³/mol. The highest BCUT2D eigenvalue weighted by Gasteiger charge is 2.18. The van der Waals surface area contributed by atoms with Crippen LogP contribution in [0.5, 0.6) is 0 Å². The summed E-state index contributed by atoms with van der Waals surface area (Å²) in [5.41, 5.74) is 1.16. The molecule has 1 unspecified atom stereocenters. The van der Waals surface area contributed by atoms with E-state index in [1.165, 1.54) is 16.4 Å². The fourth-order valence-electron chi connectivity index (χ4n) is 2.38. The number of H-pyrrole nitrogens is 1. The fraction of sp³-hybridized carbons (Fsp3) is 0.538. The summed E-state index contributed by atoms with van der Waals surface area (Å²) < 4.78 is 2.31. The Hall–Kier alpha value is -0.240. The molecule has 0 spiro atoms. The first-order chi connectivity index (χ1) is 9.58. The maximum atomic E-state index is 12.7. The van der Waals surface area contributed by atoms with E-state index < -0.39 is 0 Å². The molecule has 3 heterocycles. The monoisotopic (exact) mass is 344 g/mol. The van der Waals surface area contributed by atoms with Crippen molar-refractivity contribution in [1.29, 1.82) is 0 Å². The van der Waals surface area contributed by atoms with Crippen molar-refractivity contribution >= 4 is 57.3 Å². The standard InChI is InChI=1S/C13H16N2OS4/c1-7-8(2)20-11-10(7)12(16)15(13(17)14-11)5-9-6-18-3-4-19-9/h9H,3-6H2,1-2H3,(H,14,17). The van der Waals surface area contributed by atoms with E-state index in [2.05, 4.69) is 4.98 Å². The van der Waals surface area contributed by atoms with Crippen LogP contribution in [0.15, 0.2) is 4.79 Å². The molecule has 108 valence electrons. The third kappa shape index (κ3) is 2.61. The van der Waals surface area contributed by atoms with E-state index in [1.807, 2.05) is 37.4 Å². The molecular weight excluding hydrogens is 328 g/mol. The molecule has 0 bridgehead atoms.